The number of hydrogen-bond acceptors (Lipinski definition) is 3. The van der Waals surface area contributed by atoms with E-state index in [4.69, 9.17) is 0 Å². The highest BCUT2D eigenvalue weighted by atomic mass is 16.4. The summed E-state index contributed by atoms with van der Waals surface area (Å²) in [5, 5.41) is 14.5. The Morgan fingerprint density at radius 2 is 1.76 bits per heavy atom. The van der Waals surface area contributed by atoms with Gasteiger partial charge < -0.3 is 15.2 Å². The molecule has 2 unspecified atom stereocenters. The Kier molecular flexibility index (Phi) is 2.11. The third-order valence-electron chi connectivity index (χ3n) is 4.94. The molecule has 1 N–H and O–H groups in total. The number of carbonyl (C=O) groups excluding carboxylic acids is 2. The lowest BCUT2D eigenvalue weighted by Gasteiger charge is -2.62. The zero-order chi connectivity index (χ0) is 12.3. The summed E-state index contributed by atoms with van der Waals surface area (Å²) >= 11 is 0. The molecule has 4 saturated carbocycles. The van der Waals surface area contributed by atoms with E-state index in [1.165, 1.54) is 6.92 Å². The van der Waals surface area contributed by atoms with Gasteiger partial charge in [-0.15, -0.1) is 0 Å². The maximum absolute atomic E-state index is 11.5. The molecule has 4 bridgehead atoms. The second kappa shape index (κ2) is 3.24. The Labute approximate surface area is 101 Å². The Hall–Kier alpha value is -1.06. The van der Waals surface area contributed by atoms with Gasteiger partial charge >= 0.3 is 0 Å². The normalized spacial score (nSPS) is 46.9. The molecule has 4 fully saturated rings. The second-order valence-corrected chi connectivity index (χ2v) is 6.49. The lowest BCUT2D eigenvalue weighted by Crippen LogP contribution is -2.66. The summed E-state index contributed by atoms with van der Waals surface area (Å²) < 4.78 is 0. The number of nitrogens with one attached hydrogen (secondary N) is 1. The third kappa shape index (κ3) is 1.57. The average molecular weight is 236 g/mol. The first-order chi connectivity index (χ1) is 7.93. The van der Waals surface area contributed by atoms with Gasteiger partial charge in [0.1, 0.15) is 0 Å². The number of hydrogen-bond donors (Lipinski definition) is 1. The van der Waals surface area contributed by atoms with Crippen molar-refractivity contribution < 1.29 is 14.7 Å². The van der Waals surface area contributed by atoms with Crippen LogP contribution in [0.2, 0.25) is 0 Å². The van der Waals surface area contributed by atoms with E-state index < -0.39 is 11.4 Å². The van der Waals surface area contributed by atoms with E-state index in [1.807, 2.05) is 0 Å². The lowest BCUT2D eigenvalue weighted by atomic mass is 9.47. The number of aliphatic carboxylic acids is 1. The van der Waals surface area contributed by atoms with Gasteiger partial charge in [-0.3, -0.25) is 4.79 Å². The van der Waals surface area contributed by atoms with Gasteiger partial charge in [-0.05, 0) is 50.4 Å². The molecule has 94 valence electrons. The van der Waals surface area contributed by atoms with E-state index in [1.54, 1.807) is 0 Å². The molecule has 0 spiro atoms. The van der Waals surface area contributed by atoms with Gasteiger partial charge in [0.2, 0.25) is 5.91 Å². The minimum absolute atomic E-state index is 0.0413. The first-order valence-electron chi connectivity index (χ1n) is 6.43. The van der Waals surface area contributed by atoms with Crippen LogP contribution < -0.4 is 10.4 Å². The zero-order valence-electron chi connectivity index (χ0n) is 10.1. The van der Waals surface area contributed by atoms with Crippen molar-refractivity contribution in [3.63, 3.8) is 0 Å². The van der Waals surface area contributed by atoms with Crippen LogP contribution in [0.25, 0.3) is 0 Å². The van der Waals surface area contributed by atoms with Gasteiger partial charge in [0, 0.05) is 23.8 Å². The molecule has 4 nitrogen and oxygen atoms in total. The van der Waals surface area contributed by atoms with Gasteiger partial charge in [-0.1, -0.05) is 0 Å². The summed E-state index contributed by atoms with van der Waals surface area (Å²) in [5.41, 5.74) is -0.914. The molecule has 0 aromatic carbocycles. The fourth-order valence-corrected chi connectivity index (χ4v) is 5.02. The van der Waals surface area contributed by atoms with Crippen molar-refractivity contribution >= 4 is 11.9 Å². The molecular weight excluding hydrogens is 218 g/mol. The van der Waals surface area contributed by atoms with E-state index in [0.29, 0.717) is 18.3 Å². The van der Waals surface area contributed by atoms with Gasteiger partial charge in [-0.2, -0.15) is 0 Å². The summed E-state index contributed by atoms with van der Waals surface area (Å²) in [6.07, 6.45) is 5.14. The zero-order valence-corrected chi connectivity index (χ0v) is 10.1. The summed E-state index contributed by atoms with van der Waals surface area (Å²) in [4.78, 5) is 22.8. The van der Waals surface area contributed by atoms with E-state index in [-0.39, 0.29) is 11.4 Å². The SMILES string of the molecule is CC(=O)NC12CC3CC(C1)CC(C(=O)[O-])(C3)C2. The monoisotopic (exact) mass is 236 g/mol. The Bertz CT molecular complexity index is 376. The molecule has 4 aliphatic carbocycles. The molecule has 0 aromatic rings. The van der Waals surface area contributed by atoms with E-state index in [0.717, 1.165) is 32.1 Å². The molecule has 0 aliphatic heterocycles. The van der Waals surface area contributed by atoms with Crippen LogP contribution in [0, 0.1) is 17.3 Å². The van der Waals surface area contributed by atoms with Crippen LogP contribution in [0.5, 0.6) is 0 Å². The van der Waals surface area contributed by atoms with Crippen LogP contribution >= 0.6 is 0 Å². The Balaban J connectivity index is 1.94. The van der Waals surface area contributed by atoms with Crippen LogP contribution in [0.4, 0.5) is 0 Å². The molecule has 2 atom stereocenters. The maximum atomic E-state index is 11.5. The molecule has 4 aliphatic rings. The van der Waals surface area contributed by atoms with Crippen LogP contribution in [0.15, 0.2) is 0 Å². The van der Waals surface area contributed by atoms with Crippen LogP contribution in [0.3, 0.4) is 0 Å². The Morgan fingerprint density at radius 3 is 2.24 bits per heavy atom. The second-order valence-electron chi connectivity index (χ2n) is 6.49. The van der Waals surface area contributed by atoms with E-state index >= 15 is 0 Å². The number of carbonyl (C=O) groups is 2. The average Bonchev–Trinajstić information content (AvgIpc) is 2.12. The Morgan fingerprint density at radius 1 is 1.18 bits per heavy atom. The minimum atomic E-state index is -0.902. The van der Waals surface area contributed by atoms with Crippen LogP contribution in [-0.2, 0) is 9.59 Å². The molecule has 4 heteroatoms. The quantitative estimate of drug-likeness (QED) is 0.745. The molecule has 1 amide bonds. The molecule has 0 saturated heterocycles. The summed E-state index contributed by atoms with van der Waals surface area (Å²) in [5.74, 6) is -0.0243. The minimum Gasteiger partial charge on any atom is -0.550 e. The highest BCUT2D eigenvalue weighted by Crippen LogP contribution is 2.61. The van der Waals surface area contributed by atoms with Crippen molar-refractivity contribution in [2.24, 2.45) is 17.3 Å². The fraction of sp³-hybridized carbons (Fsp3) is 0.846. The first-order valence-corrected chi connectivity index (χ1v) is 6.43. The molecule has 0 radical (unpaired) electrons. The number of amides is 1. The van der Waals surface area contributed by atoms with E-state index in [9.17, 15) is 14.7 Å². The van der Waals surface area contributed by atoms with Crippen molar-refractivity contribution in [2.45, 2.75) is 51.0 Å². The number of rotatable bonds is 2. The molecule has 0 aromatic heterocycles. The predicted octanol–water partition coefficient (Wildman–Crippen LogP) is 0.211. The first kappa shape index (κ1) is 11.1. The molecular formula is C13H18NO3-. The summed E-state index contributed by atoms with van der Waals surface area (Å²) in [6, 6.07) is 0. The van der Waals surface area contributed by atoms with Crippen LogP contribution in [-0.4, -0.2) is 17.4 Å². The van der Waals surface area contributed by atoms with Gasteiger partial charge in [0.25, 0.3) is 0 Å². The molecule has 0 heterocycles. The van der Waals surface area contributed by atoms with Gasteiger partial charge in [-0.25, -0.2) is 0 Å². The lowest BCUT2D eigenvalue weighted by molar-refractivity contribution is -0.327. The van der Waals surface area contributed by atoms with Crippen molar-refractivity contribution in [2.75, 3.05) is 0 Å². The standard InChI is InChI=1S/C13H19NO3/c1-8(15)14-13-5-9-2-10(6-13)4-12(3-9,7-13)11(16)17/h9-10H,2-7H2,1H3,(H,14,15)(H,16,17)/p-1. The third-order valence-corrected chi connectivity index (χ3v) is 4.94. The largest absolute Gasteiger partial charge is 0.550 e. The van der Waals surface area contributed by atoms with Gasteiger partial charge in [0.15, 0.2) is 0 Å². The highest BCUT2D eigenvalue weighted by Gasteiger charge is 2.58. The van der Waals surface area contributed by atoms with Crippen molar-refractivity contribution in [3.8, 4) is 0 Å². The summed E-state index contributed by atoms with van der Waals surface area (Å²) in [6.45, 7) is 1.52. The number of carboxylic acid groups (broad SMARTS) is 1. The fourth-order valence-electron chi connectivity index (χ4n) is 5.02. The number of carboxylic acids is 1. The van der Waals surface area contributed by atoms with Gasteiger partial charge in [0.05, 0.1) is 0 Å². The molecule has 4 rings (SSSR count). The topological polar surface area (TPSA) is 69.2 Å². The van der Waals surface area contributed by atoms with E-state index in [2.05, 4.69) is 5.32 Å². The van der Waals surface area contributed by atoms with Crippen LogP contribution in [0.1, 0.15) is 45.4 Å². The van der Waals surface area contributed by atoms with Crippen molar-refractivity contribution in [1.29, 1.82) is 0 Å². The highest BCUT2D eigenvalue weighted by molar-refractivity contribution is 5.76. The van der Waals surface area contributed by atoms with Crippen molar-refractivity contribution in [1.82, 2.24) is 5.32 Å². The smallest absolute Gasteiger partial charge is 0.217 e. The predicted molar refractivity (Wildman–Crippen MR) is 58.7 cm³/mol. The molecule has 17 heavy (non-hydrogen) atoms. The van der Waals surface area contributed by atoms with Crippen molar-refractivity contribution in [3.05, 3.63) is 0 Å². The summed E-state index contributed by atoms with van der Waals surface area (Å²) in [7, 11) is 0. The maximum Gasteiger partial charge on any atom is 0.217 e.